The van der Waals surface area contributed by atoms with Crippen molar-refractivity contribution in [2.45, 2.75) is 6.92 Å². The van der Waals surface area contributed by atoms with E-state index in [-0.39, 0.29) is 5.56 Å². The monoisotopic (exact) mass is 286 g/mol. The lowest BCUT2D eigenvalue weighted by Gasteiger charge is -2.03. The highest BCUT2D eigenvalue weighted by Gasteiger charge is 2.13. The van der Waals surface area contributed by atoms with Crippen molar-refractivity contribution < 1.29 is 9.18 Å². The van der Waals surface area contributed by atoms with Crippen LogP contribution in [0.4, 0.5) is 9.52 Å². The molecule has 1 N–H and O–H groups in total. The van der Waals surface area contributed by atoms with Gasteiger partial charge in [-0.3, -0.25) is 10.1 Å². The molecule has 3 nitrogen and oxygen atoms in total. The minimum absolute atomic E-state index is 0.0230. The Labute approximate surface area is 119 Å². The SMILES string of the molecule is Cc1ccc(C(=O)Nc2nc3ccccc3s2)c(F)c1. The van der Waals surface area contributed by atoms with Crippen molar-refractivity contribution in [1.29, 1.82) is 0 Å². The van der Waals surface area contributed by atoms with Crippen LogP contribution in [0, 0.1) is 12.7 Å². The molecule has 0 atom stereocenters. The Morgan fingerprint density at radius 1 is 1.25 bits per heavy atom. The lowest BCUT2D eigenvalue weighted by Crippen LogP contribution is -2.13. The van der Waals surface area contributed by atoms with Gasteiger partial charge in [0.2, 0.25) is 0 Å². The molecule has 0 bridgehead atoms. The van der Waals surface area contributed by atoms with Crippen LogP contribution in [0.3, 0.4) is 0 Å². The predicted octanol–water partition coefficient (Wildman–Crippen LogP) is 4.00. The fraction of sp³-hybridized carbons (Fsp3) is 0.0667. The molecule has 0 saturated carbocycles. The predicted molar refractivity (Wildman–Crippen MR) is 78.7 cm³/mol. The van der Waals surface area contributed by atoms with Crippen molar-refractivity contribution in [1.82, 2.24) is 4.98 Å². The zero-order valence-corrected chi connectivity index (χ0v) is 11.5. The van der Waals surface area contributed by atoms with Gasteiger partial charge in [-0.15, -0.1) is 0 Å². The molecule has 100 valence electrons. The van der Waals surface area contributed by atoms with E-state index in [2.05, 4.69) is 10.3 Å². The number of aromatic nitrogens is 1. The van der Waals surface area contributed by atoms with E-state index >= 15 is 0 Å². The molecule has 0 aliphatic heterocycles. The average molecular weight is 286 g/mol. The van der Waals surface area contributed by atoms with E-state index < -0.39 is 11.7 Å². The Morgan fingerprint density at radius 2 is 2.05 bits per heavy atom. The molecule has 1 aromatic heterocycles. The quantitative estimate of drug-likeness (QED) is 0.773. The molecule has 5 heteroatoms. The molecule has 1 amide bonds. The van der Waals surface area contributed by atoms with Crippen LogP contribution < -0.4 is 5.32 Å². The number of thiazole rings is 1. The van der Waals surface area contributed by atoms with Crippen LogP contribution in [0.5, 0.6) is 0 Å². The molecule has 1 heterocycles. The Balaban J connectivity index is 1.88. The van der Waals surface area contributed by atoms with E-state index in [0.717, 1.165) is 15.8 Å². The van der Waals surface area contributed by atoms with Crippen LogP contribution in [-0.4, -0.2) is 10.9 Å². The number of carbonyl (C=O) groups is 1. The highest BCUT2D eigenvalue weighted by Crippen LogP contribution is 2.26. The van der Waals surface area contributed by atoms with Gasteiger partial charge in [0, 0.05) is 0 Å². The summed E-state index contributed by atoms with van der Waals surface area (Å²) in [4.78, 5) is 16.3. The van der Waals surface area contributed by atoms with E-state index in [4.69, 9.17) is 0 Å². The molecule has 0 spiro atoms. The number of para-hydroxylation sites is 1. The van der Waals surface area contributed by atoms with Gasteiger partial charge in [0.25, 0.3) is 5.91 Å². The Hall–Kier alpha value is -2.27. The molecule has 0 aliphatic carbocycles. The normalized spacial score (nSPS) is 10.7. The molecular formula is C15H11FN2OS. The van der Waals surface area contributed by atoms with Gasteiger partial charge in [-0.1, -0.05) is 29.5 Å². The molecular weight excluding hydrogens is 275 g/mol. The summed E-state index contributed by atoms with van der Waals surface area (Å²) in [5.74, 6) is -1.01. The second-order valence-electron chi connectivity index (χ2n) is 4.42. The number of anilines is 1. The number of hydrogen-bond donors (Lipinski definition) is 1. The minimum Gasteiger partial charge on any atom is -0.298 e. The summed E-state index contributed by atoms with van der Waals surface area (Å²) in [5, 5.41) is 3.11. The summed E-state index contributed by atoms with van der Waals surface area (Å²) in [6.45, 7) is 1.78. The van der Waals surface area contributed by atoms with Crippen LogP contribution in [0.1, 0.15) is 15.9 Å². The Morgan fingerprint density at radius 3 is 2.80 bits per heavy atom. The van der Waals surface area contributed by atoms with Gasteiger partial charge < -0.3 is 0 Å². The third-order valence-electron chi connectivity index (χ3n) is 2.88. The lowest BCUT2D eigenvalue weighted by molar-refractivity contribution is 0.102. The molecule has 2 aromatic carbocycles. The van der Waals surface area contributed by atoms with Crippen LogP contribution >= 0.6 is 11.3 Å². The van der Waals surface area contributed by atoms with Gasteiger partial charge in [-0.25, -0.2) is 9.37 Å². The summed E-state index contributed by atoms with van der Waals surface area (Å²) in [6.07, 6.45) is 0. The van der Waals surface area contributed by atoms with Crippen molar-refractivity contribution in [3.63, 3.8) is 0 Å². The first-order valence-electron chi connectivity index (χ1n) is 6.06. The Bertz CT molecular complexity index is 764. The molecule has 3 aromatic rings. The van der Waals surface area contributed by atoms with Crippen molar-refractivity contribution in [2.24, 2.45) is 0 Å². The summed E-state index contributed by atoms with van der Waals surface area (Å²) in [6, 6.07) is 12.1. The fourth-order valence-electron chi connectivity index (χ4n) is 1.89. The number of amides is 1. The number of halogens is 1. The number of aryl methyl sites for hydroxylation is 1. The first-order chi connectivity index (χ1) is 9.63. The van der Waals surface area contributed by atoms with E-state index in [9.17, 15) is 9.18 Å². The zero-order chi connectivity index (χ0) is 14.1. The van der Waals surface area contributed by atoms with Crippen LogP contribution in [0.25, 0.3) is 10.2 Å². The number of benzene rings is 2. The van der Waals surface area contributed by atoms with Crippen LogP contribution in [-0.2, 0) is 0 Å². The van der Waals surface area contributed by atoms with Crippen LogP contribution in [0.2, 0.25) is 0 Å². The van der Waals surface area contributed by atoms with Gasteiger partial charge in [0.15, 0.2) is 5.13 Å². The Kier molecular flexibility index (Phi) is 3.20. The number of fused-ring (bicyclic) bond motifs is 1. The molecule has 0 aliphatic rings. The molecule has 20 heavy (non-hydrogen) atoms. The molecule has 0 saturated heterocycles. The van der Waals surface area contributed by atoms with Gasteiger partial charge >= 0.3 is 0 Å². The maximum absolute atomic E-state index is 13.7. The second-order valence-corrected chi connectivity index (χ2v) is 5.45. The van der Waals surface area contributed by atoms with Crippen molar-refractivity contribution in [2.75, 3.05) is 5.32 Å². The molecule has 0 radical (unpaired) electrons. The van der Waals surface area contributed by atoms with Crippen molar-refractivity contribution in [3.05, 3.63) is 59.4 Å². The number of carbonyl (C=O) groups excluding carboxylic acids is 1. The highest BCUT2D eigenvalue weighted by atomic mass is 32.1. The molecule has 0 fully saturated rings. The standard InChI is InChI=1S/C15H11FN2OS/c1-9-6-7-10(11(16)8-9)14(19)18-15-17-12-4-2-3-5-13(12)20-15/h2-8H,1H3,(H,17,18,19). The summed E-state index contributed by atoms with van der Waals surface area (Å²) < 4.78 is 14.7. The van der Waals surface area contributed by atoms with E-state index in [1.54, 1.807) is 13.0 Å². The number of nitrogens with one attached hydrogen (secondary N) is 1. The van der Waals surface area contributed by atoms with E-state index in [1.807, 2.05) is 24.3 Å². The van der Waals surface area contributed by atoms with E-state index in [0.29, 0.717) is 5.13 Å². The number of hydrogen-bond acceptors (Lipinski definition) is 3. The number of rotatable bonds is 2. The summed E-state index contributed by atoms with van der Waals surface area (Å²) in [5.41, 5.74) is 1.62. The summed E-state index contributed by atoms with van der Waals surface area (Å²) in [7, 11) is 0. The maximum atomic E-state index is 13.7. The summed E-state index contributed by atoms with van der Waals surface area (Å²) >= 11 is 1.36. The van der Waals surface area contributed by atoms with Crippen LogP contribution in [0.15, 0.2) is 42.5 Å². The van der Waals surface area contributed by atoms with E-state index in [1.165, 1.54) is 23.5 Å². The van der Waals surface area contributed by atoms with Crippen molar-refractivity contribution >= 4 is 32.6 Å². The second kappa shape index (κ2) is 5.02. The fourth-order valence-corrected chi connectivity index (χ4v) is 2.76. The molecule has 0 unspecified atom stereocenters. The minimum atomic E-state index is -0.524. The van der Waals surface area contributed by atoms with Gasteiger partial charge in [0.05, 0.1) is 15.8 Å². The topological polar surface area (TPSA) is 42.0 Å². The zero-order valence-electron chi connectivity index (χ0n) is 10.7. The largest absolute Gasteiger partial charge is 0.298 e. The average Bonchev–Trinajstić information content (AvgIpc) is 2.80. The highest BCUT2D eigenvalue weighted by molar-refractivity contribution is 7.22. The first-order valence-corrected chi connectivity index (χ1v) is 6.88. The first kappa shape index (κ1) is 12.7. The van der Waals surface area contributed by atoms with Gasteiger partial charge in [-0.2, -0.15) is 0 Å². The maximum Gasteiger partial charge on any atom is 0.260 e. The lowest BCUT2D eigenvalue weighted by atomic mass is 10.1. The molecule has 3 rings (SSSR count). The smallest absolute Gasteiger partial charge is 0.260 e. The van der Waals surface area contributed by atoms with Gasteiger partial charge in [-0.05, 0) is 36.8 Å². The van der Waals surface area contributed by atoms with Crippen molar-refractivity contribution in [3.8, 4) is 0 Å². The third kappa shape index (κ3) is 2.40. The third-order valence-corrected chi connectivity index (χ3v) is 3.84. The number of nitrogens with zero attached hydrogens (tertiary/aromatic N) is 1. The van der Waals surface area contributed by atoms with Gasteiger partial charge in [0.1, 0.15) is 5.82 Å².